The van der Waals surface area contributed by atoms with E-state index >= 15 is 0 Å². The van der Waals surface area contributed by atoms with E-state index in [0.29, 0.717) is 12.1 Å². The first-order valence-electron chi connectivity index (χ1n) is 12.8. The number of methoxy groups -OCH3 is 1. The van der Waals surface area contributed by atoms with Crippen molar-refractivity contribution in [2.75, 3.05) is 24.5 Å². The summed E-state index contributed by atoms with van der Waals surface area (Å²) in [6, 6.07) is 16.7. The van der Waals surface area contributed by atoms with Gasteiger partial charge >= 0.3 is 0 Å². The van der Waals surface area contributed by atoms with Crippen molar-refractivity contribution < 1.29 is 27.1 Å². The molecule has 0 aliphatic rings. The largest absolute Gasteiger partial charge is 0.495 e. The molecule has 0 radical (unpaired) electrons. The lowest BCUT2D eigenvalue weighted by Crippen LogP contribution is -2.51. The molecule has 0 aromatic heterocycles. The molecule has 0 heterocycles. The number of hydrogen-bond acceptors (Lipinski definition) is 5. The highest BCUT2D eigenvalue weighted by Gasteiger charge is 2.33. The number of rotatable bonds is 13. The topological polar surface area (TPSA) is 96.0 Å². The van der Waals surface area contributed by atoms with Crippen LogP contribution in [0.1, 0.15) is 32.3 Å². The molecule has 0 saturated carbocycles. The standard InChI is InChI=1S/C29H33ClFN3O5S/c1-4-5-17-32-29(36)21(2)33(19-22-11-14-24(31)15-12-22)28(35)20-34(26-18-23(30)13-16-27(26)39-3)40(37,38)25-9-7-6-8-10-25/h6-16,18,21H,4-5,17,19-20H2,1-3H3,(H,32,36)/t21-/m0/s1. The Hall–Kier alpha value is -3.63. The van der Waals surface area contributed by atoms with Crippen molar-refractivity contribution in [2.24, 2.45) is 0 Å². The molecular formula is C29H33ClFN3O5S. The van der Waals surface area contributed by atoms with Crippen molar-refractivity contribution in [3.63, 3.8) is 0 Å². The van der Waals surface area contributed by atoms with E-state index < -0.39 is 34.3 Å². The monoisotopic (exact) mass is 589 g/mol. The normalized spacial score (nSPS) is 11.9. The molecule has 0 aliphatic carbocycles. The highest BCUT2D eigenvalue weighted by molar-refractivity contribution is 7.92. The maximum absolute atomic E-state index is 13.9. The fourth-order valence-electron chi connectivity index (χ4n) is 4.00. The Bertz CT molecular complexity index is 1400. The smallest absolute Gasteiger partial charge is 0.264 e. The molecule has 8 nitrogen and oxygen atoms in total. The van der Waals surface area contributed by atoms with Crippen LogP contribution < -0.4 is 14.4 Å². The van der Waals surface area contributed by atoms with E-state index in [0.717, 1.165) is 17.1 Å². The number of anilines is 1. The Labute approximate surface area is 239 Å². The van der Waals surface area contributed by atoms with Crippen LogP contribution in [0, 0.1) is 5.82 Å². The predicted molar refractivity (Wildman–Crippen MR) is 153 cm³/mol. The van der Waals surface area contributed by atoms with E-state index in [2.05, 4.69) is 5.32 Å². The Balaban J connectivity index is 2.05. The van der Waals surface area contributed by atoms with Crippen molar-refractivity contribution in [1.29, 1.82) is 0 Å². The van der Waals surface area contributed by atoms with Crippen molar-refractivity contribution >= 4 is 39.1 Å². The highest BCUT2D eigenvalue weighted by atomic mass is 35.5. The maximum Gasteiger partial charge on any atom is 0.264 e. The summed E-state index contributed by atoms with van der Waals surface area (Å²) in [5.41, 5.74) is 0.634. The third kappa shape index (κ3) is 7.73. The van der Waals surface area contributed by atoms with Gasteiger partial charge in [-0.25, -0.2) is 12.8 Å². The van der Waals surface area contributed by atoms with Gasteiger partial charge in [-0.05, 0) is 61.4 Å². The number of hydrogen-bond donors (Lipinski definition) is 1. The van der Waals surface area contributed by atoms with Crippen LogP contribution in [-0.2, 0) is 26.2 Å². The van der Waals surface area contributed by atoms with Gasteiger partial charge in [0.2, 0.25) is 11.8 Å². The first-order chi connectivity index (χ1) is 19.1. The van der Waals surface area contributed by atoms with Gasteiger partial charge in [-0.1, -0.05) is 55.3 Å². The molecule has 0 bridgehead atoms. The van der Waals surface area contributed by atoms with Crippen LogP contribution in [0.2, 0.25) is 5.02 Å². The average molecular weight is 590 g/mol. The first-order valence-corrected chi connectivity index (χ1v) is 14.6. The molecule has 214 valence electrons. The van der Waals surface area contributed by atoms with Gasteiger partial charge in [0.05, 0.1) is 17.7 Å². The summed E-state index contributed by atoms with van der Waals surface area (Å²) in [4.78, 5) is 28.2. The second-order valence-electron chi connectivity index (χ2n) is 9.11. The summed E-state index contributed by atoms with van der Waals surface area (Å²) in [5.74, 6) is -1.29. The van der Waals surface area contributed by atoms with Gasteiger partial charge in [0.15, 0.2) is 0 Å². The molecule has 3 rings (SSSR count). The minimum Gasteiger partial charge on any atom is -0.495 e. The van der Waals surface area contributed by atoms with Gasteiger partial charge in [0, 0.05) is 18.1 Å². The van der Waals surface area contributed by atoms with Crippen LogP contribution in [0.25, 0.3) is 0 Å². The van der Waals surface area contributed by atoms with E-state index in [4.69, 9.17) is 16.3 Å². The van der Waals surface area contributed by atoms with Gasteiger partial charge in [-0.3, -0.25) is 13.9 Å². The van der Waals surface area contributed by atoms with Crippen LogP contribution >= 0.6 is 11.6 Å². The molecule has 1 atom stereocenters. The number of unbranched alkanes of at least 4 members (excludes halogenated alkanes) is 1. The Kier molecular flexibility index (Phi) is 10.9. The van der Waals surface area contributed by atoms with Gasteiger partial charge in [-0.15, -0.1) is 0 Å². The SMILES string of the molecule is CCCCNC(=O)[C@H](C)N(Cc1ccc(F)cc1)C(=O)CN(c1cc(Cl)ccc1OC)S(=O)(=O)c1ccccc1. The van der Waals surface area contributed by atoms with E-state index in [-0.39, 0.29) is 33.8 Å². The quantitative estimate of drug-likeness (QED) is 0.283. The molecule has 3 aromatic rings. The van der Waals surface area contributed by atoms with Gasteiger partial charge < -0.3 is 15.0 Å². The number of halogens is 2. The van der Waals surface area contributed by atoms with Crippen LogP contribution in [0.15, 0.2) is 77.7 Å². The predicted octanol–water partition coefficient (Wildman–Crippen LogP) is 5.02. The Morgan fingerprint density at radius 1 is 1.05 bits per heavy atom. The molecular weight excluding hydrogens is 557 g/mol. The van der Waals surface area contributed by atoms with E-state index in [1.807, 2.05) is 6.92 Å². The lowest BCUT2D eigenvalue weighted by atomic mass is 10.1. The molecule has 40 heavy (non-hydrogen) atoms. The minimum absolute atomic E-state index is 0.0414. The number of sulfonamides is 1. The number of carbonyl (C=O) groups is 2. The van der Waals surface area contributed by atoms with Crippen molar-refractivity contribution in [3.8, 4) is 5.75 Å². The Morgan fingerprint density at radius 2 is 1.73 bits per heavy atom. The minimum atomic E-state index is -4.28. The molecule has 11 heteroatoms. The molecule has 0 fully saturated rings. The summed E-state index contributed by atoms with van der Waals surface area (Å²) >= 11 is 6.23. The second kappa shape index (κ2) is 14.1. The number of nitrogens with zero attached hydrogens (tertiary/aromatic N) is 2. The zero-order valence-electron chi connectivity index (χ0n) is 22.6. The van der Waals surface area contributed by atoms with E-state index in [9.17, 15) is 22.4 Å². The molecule has 0 unspecified atom stereocenters. The summed E-state index contributed by atoms with van der Waals surface area (Å²) in [6.07, 6.45) is 1.64. The lowest BCUT2D eigenvalue weighted by Gasteiger charge is -2.32. The molecule has 0 aliphatic heterocycles. The Morgan fingerprint density at radius 3 is 2.35 bits per heavy atom. The van der Waals surface area contributed by atoms with E-state index in [1.165, 1.54) is 60.5 Å². The maximum atomic E-state index is 13.9. The zero-order valence-corrected chi connectivity index (χ0v) is 24.2. The summed E-state index contributed by atoms with van der Waals surface area (Å²) < 4.78 is 47.7. The third-order valence-electron chi connectivity index (χ3n) is 6.28. The number of nitrogens with one attached hydrogen (secondary N) is 1. The van der Waals surface area contributed by atoms with Gasteiger partial charge in [0.25, 0.3) is 10.0 Å². The van der Waals surface area contributed by atoms with Crippen LogP contribution in [-0.4, -0.2) is 51.4 Å². The van der Waals surface area contributed by atoms with Crippen LogP contribution in [0.5, 0.6) is 5.75 Å². The summed E-state index contributed by atoms with van der Waals surface area (Å²) in [6.45, 7) is 3.30. The molecule has 3 aromatic carbocycles. The number of amides is 2. The van der Waals surface area contributed by atoms with Gasteiger partial charge in [-0.2, -0.15) is 0 Å². The second-order valence-corrected chi connectivity index (χ2v) is 11.4. The number of ether oxygens (including phenoxy) is 1. The highest BCUT2D eigenvalue weighted by Crippen LogP contribution is 2.35. The van der Waals surface area contributed by atoms with Crippen LogP contribution in [0.3, 0.4) is 0 Å². The number of benzene rings is 3. The molecule has 2 amide bonds. The fourth-order valence-corrected chi connectivity index (χ4v) is 5.60. The lowest BCUT2D eigenvalue weighted by molar-refractivity contribution is -0.139. The van der Waals surface area contributed by atoms with Gasteiger partial charge in [0.1, 0.15) is 24.2 Å². The van der Waals surface area contributed by atoms with Crippen molar-refractivity contribution in [1.82, 2.24) is 10.2 Å². The van der Waals surface area contributed by atoms with Crippen LogP contribution in [0.4, 0.5) is 10.1 Å². The zero-order chi connectivity index (χ0) is 29.3. The van der Waals surface area contributed by atoms with E-state index in [1.54, 1.807) is 31.2 Å². The van der Waals surface area contributed by atoms with Crippen molar-refractivity contribution in [3.05, 3.63) is 89.2 Å². The average Bonchev–Trinajstić information content (AvgIpc) is 2.95. The molecule has 1 N–H and O–H groups in total. The summed E-state index contributed by atoms with van der Waals surface area (Å²) in [5, 5.41) is 3.06. The number of carbonyl (C=O) groups excluding carboxylic acids is 2. The molecule has 0 saturated heterocycles. The summed E-state index contributed by atoms with van der Waals surface area (Å²) in [7, 11) is -2.90. The third-order valence-corrected chi connectivity index (χ3v) is 8.29. The fraction of sp³-hybridized carbons (Fsp3) is 0.310. The molecule has 0 spiro atoms. The first kappa shape index (κ1) is 30.9. The van der Waals surface area contributed by atoms with Crippen molar-refractivity contribution in [2.45, 2.75) is 44.2 Å².